The molecule has 0 saturated heterocycles. The van der Waals surface area contributed by atoms with Crippen LogP contribution in [0.5, 0.6) is 0 Å². The Morgan fingerprint density at radius 2 is 1.64 bits per heavy atom. The van der Waals surface area contributed by atoms with Gasteiger partial charge in [0.15, 0.2) is 8.32 Å². The molecule has 0 aliphatic rings. The standard InChI is InChI=1S/C11H28OSi2/c1-8-10(3)14(6,7)12-11(9-2)13(4)5/h10-11,13H,8-9H2,1-7H3. The van der Waals surface area contributed by atoms with Gasteiger partial charge in [-0.15, -0.1) is 0 Å². The number of hydrogen-bond donors (Lipinski definition) is 0. The summed E-state index contributed by atoms with van der Waals surface area (Å²) in [7, 11) is -2.04. The summed E-state index contributed by atoms with van der Waals surface area (Å²) in [6, 6.07) is 0. The quantitative estimate of drug-likeness (QED) is 0.633. The molecule has 0 bridgehead atoms. The summed E-state index contributed by atoms with van der Waals surface area (Å²) in [5.74, 6) is 0. The third-order valence-corrected chi connectivity index (χ3v) is 9.46. The van der Waals surface area contributed by atoms with Gasteiger partial charge in [0.1, 0.15) is 0 Å². The predicted octanol–water partition coefficient (Wildman–Crippen LogP) is 3.81. The second-order valence-corrected chi connectivity index (χ2v) is 12.9. The van der Waals surface area contributed by atoms with Crippen molar-refractivity contribution in [3.8, 4) is 0 Å². The second-order valence-electron chi connectivity index (χ2n) is 5.22. The van der Waals surface area contributed by atoms with E-state index in [0.717, 1.165) is 5.54 Å². The van der Waals surface area contributed by atoms with E-state index >= 15 is 0 Å². The minimum absolute atomic E-state index is 0.602. The van der Waals surface area contributed by atoms with Crippen molar-refractivity contribution in [2.75, 3.05) is 0 Å². The van der Waals surface area contributed by atoms with Gasteiger partial charge in [0.25, 0.3) is 0 Å². The van der Waals surface area contributed by atoms with Gasteiger partial charge in [-0.3, -0.25) is 0 Å². The Hall–Kier alpha value is 0.394. The summed E-state index contributed by atoms with van der Waals surface area (Å²) in [5, 5.41) is 0. The molecule has 0 rings (SSSR count). The zero-order valence-corrected chi connectivity index (χ0v) is 13.2. The zero-order chi connectivity index (χ0) is 11.4. The largest absolute Gasteiger partial charge is 0.418 e. The van der Waals surface area contributed by atoms with Crippen molar-refractivity contribution in [3.63, 3.8) is 0 Å². The lowest BCUT2D eigenvalue weighted by Gasteiger charge is -2.34. The fraction of sp³-hybridized carbons (Fsp3) is 1.00. The van der Waals surface area contributed by atoms with Crippen LogP contribution in [0.4, 0.5) is 0 Å². The van der Waals surface area contributed by atoms with Gasteiger partial charge in [-0.05, 0) is 25.1 Å². The summed E-state index contributed by atoms with van der Waals surface area (Å²) in [4.78, 5) is 0. The lowest BCUT2D eigenvalue weighted by Crippen LogP contribution is -2.43. The van der Waals surface area contributed by atoms with Gasteiger partial charge in [-0.25, -0.2) is 0 Å². The molecule has 2 unspecified atom stereocenters. The summed E-state index contributed by atoms with van der Waals surface area (Å²) in [6.45, 7) is 16.4. The Balaban J connectivity index is 4.31. The molecule has 0 radical (unpaired) electrons. The molecule has 0 spiro atoms. The van der Waals surface area contributed by atoms with Gasteiger partial charge >= 0.3 is 0 Å². The third-order valence-electron chi connectivity index (χ3n) is 3.40. The molecular weight excluding hydrogens is 204 g/mol. The van der Waals surface area contributed by atoms with E-state index in [2.05, 4.69) is 47.0 Å². The Labute approximate surface area is 93.0 Å². The fourth-order valence-corrected chi connectivity index (χ4v) is 6.93. The molecule has 0 heterocycles. The fourth-order valence-electron chi connectivity index (χ4n) is 1.69. The molecule has 2 atom stereocenters. The lowest BCUT2D eigenvalue weighted by molar-refractivity contribution is 0.252. The maximum Gasteiger partial charge on any atom is 0.189 e. The first-order valence-corrected chi connectivity index (χ1v) is 12.0. The van der Waals surface area contributed by atoms with Gasteiger partial charge < -0.3 is 4.43 Å². The maximum absolute atomic E-state index is 6.40. The molecule has 0 amide bonds. The Bertz CT molecular complexity index is 157. The molecule has 0 aromatic heterocycles. The SMILES string of the molecule is CCC(O[Si](C)(C)C(C)CC)[SiH](C)C. The molecule has 0 aromatic rings. The van der Waals surface area contributed by atoms with E-state index < -0.39 is 17.1 Å². The van der Waals surface area contributed by atoms with Crippen LogP contribution >= 0.6 is 0 Å². The van der Waals surface area contributed by atoms with Crippen LogP contribution in [0.3, 0.4) is 0 Å². The smallest absolute Gasteiger partial charge is 0.189 e. The molecule has 1 nitrogen and oxygen atoms in total. The van der Waals surface area contributed by atoms with Crippen LogP contribution in [0.25, 0.3) is 0 Å². The van der Waals surface area contributed by atoms with Gasteiger partial charge in [0.05, 0.1) is 8.80 Å². The molecule has 14 heavy (non-hydrogen) atoms. The van der Waals surface area contributed by atoms with Crippen molar-refractivity contribution in [1.82, 2.24) is 0 Å². The van der Waals surface area contributed by atoms with Crippen molar-refractivity contribution in [1.29, 1.82) is 0 Å². The molecule has 0 fully saturated rings. The zero-order valence-electron chi connectivity index (χ0n) is 11.1. The van der Waals surface area contributed by atoms with Crippen LogP contribution in [0.15, 0.2) is 0 Å². The monoisotopic (exact) mass is 232 g/mol. The van der Waals surface area contributed by atoms with Crippen molar-refractivity contribution >= 4 is 17.1 Å². The Kier molecular flexibility index (Phi) is 6.25. The van der Waals surface area contributed by atoms with E-state index in [9.17, 15) is 0 Å². The maximum atomic E-state index is 6.40. The average molecular weight is 233 g/mol. The molecule has 86 valence electrons. The van der Waals surface area contributed by atoms with Crippen molar-refractivity contribution in [2.24, 2.45) is 0 Å². The topological polar surface area (TPSA) is 9.23 Å². The Morgan fingerprint density at radius 3 is 1.93 bits per heavy atom. The highest BCUT2D eigenvalue weighted by molar-refractivity contribution is 6.73. The van der Waals surface area contributed by atoms with E-state index in [4.69, 9.17) is 4.43 Å². The molecule has 0 aliphatic carbocycles. The van der Waals surface area contributed by atoms with E-state index in [1.165, 1.54) is 12.8 Å². The molecule has 0 aromatic carbocycles. The lowest BCUT2D eigenvalue weighted by atomic mass is 10.4. The molecular formula is C11H28OSi2. The molecule has 0 saturated carbocycles. The number of rotatable bonds is 6. The summed E-state index contributed by atoms with van der Waals surface area (Å²) >= 11 is 0. The van der Waals surface area contributed by atoms with Crippen LogP contribution in [-0.4, -0.2) is 22.8 Å². The Morgan fingerprint density at radius 1 is 1.14 bits per heavy atom. The van der Waals surface area contributed by atoms with Gasteiger partial charge in [0, 0.05) is 5.73 Å². The van der Waals surface area contributed by atoms with Gasteiger partial charge in [0.2, 0.25) is 0 Å². The first-order valence-electron chi connectivity index (χ1n) is 6.02. The van der Waals surface area contributed by atoms with Crippen LogP contribution in [0, 0.1) is 0 Å². The minimum Gasteiger partial charge on any atom is -0.418 e. The normalized spacial score (nSPS) is 17.1. The first kappa shape index (κ1) is 14.4. The summed E-state index contributed by atoms with van der Waals surface area (Å²) < 4.78 is 6.40. The van der Waals surface area contributed by atoms with Crippen LogP contribution in [0.2, 0.25) is 31.7 Å². The van der Waals surface area contributed by atoms with Crippen LogP contribution in [0.1, 0.15) is 33.6 Å². The summed E-state index contributed by atoms with van der Waals surface area (Å²) in [5.41, 5.74) is 1.38. The van der Waals surface area contributed by atoms with Crippen LogP contribution < -0.4 is 0 Å². The average Bonchev–Trinajstić information content (AvgIpc) is 2.12. The second kappa shape index (κ2) is 6.08. The van der Waals surface area contributed by atoms with E-state index in [-0.39, 0.29) is 0 Å². The summed E-state index contributed by atoms with van der Waals surface area (Å²) in [6.07, 6.45) is 2.46. The molecule has 0 aliphatic heterocycles. The van der Waals surface area contributed by atoms with E-state index in [1.54, 1.807) is 0 Å². The minimum atomic E-state index is -1.42. The van der Waals surface area contributed by atoms with Crippen LogP contribution in [-0.2, 0) is 4.43 Å². The third kappa shape index (κ3) is 4.28. The van der Waals surface area contributed by atoms with E-state index in [1.807, 2.05) is 0 Å². The molecule has 3 heteroatoms. The van der Waals surface area contributed by atoms with Gasteiger partial charge in [-0.2, -0.15) is 0 Å². The predicted molar refractivity (Wildman–Crippen MR) is 71.2 cm³/mol. The molecule has 0 N–H and O–H groups in total. The van der Waals surface area contributed by atoms with E-state index in [0.29, 0.717) is 5.73 Å². The van der Waals surface area contributed by atoms with Crippen molar-refractivity contribution < 1.29 is 4.43 Å². The highest BCUT2D eigenvalue weighted by atomic mass is 28.4. The number of hydrogen-bond acceptors (Lipinski definition) is 1. The first-order chi connectivity index (χ1) is 6.35. The van der Waals surface area contributed by atoms with Crippen molar-refractivity contribution in [3.05, 3.63) is 0 Å². The van der Waals surface area contributed by atoms with Gasteiger partial charge in [-0.1, -0.05) is 40.3 Å². The van der Waals surface area contributed by atoms with Crippen molar-refractivity contribution in [2.45, 2.75) is 71.1 Å². The highest BCUT2D eigenvalue weighted by Crippen LogP contribution is 2.27. The highest BCUT2D eigenvalue weighted by Gasteiger charge is 2.32.